The third-order valence-corrected chi connectivity index (χ3v) is 4.43. The summed E-state index contributed by atoms with van der Waals surface area (Å²) in [5, 5.41) is 0. The van der Waals surface area contributed by atoms with Crippen LogP contribution in [0.25, 0.3) is 0 Å². The largest absolute Gasteiger partial charge is 0.346 e. The van der Waals surface area contributed by atoms with Gasteiger partial charge in [0.1, 0.15) is 0 Å². The van der Waals surface area contributed by atoms with Crippen LogP contribution in [0, 0.1) is 0 Å². The summed E-state index contributed by atoms with van der Waals surface area (Å²) in [6.45, 7) is 4.23. The number of hydrogen-bond acceptors (Lipinski definition) is 4. The van der Waals surface area contributed by atoms with Gasteiger partial charge in [-0.3, -0.25) is 4.79 Å². The number of rotatable bonds is 13. The summed E-state index contributed by atoms with van der Waals surface area (Å²) in [4.78, 5) is 11.4. The van der Waals surface area contributed by atoms with E-state index >= 15 is 0 Å². The molecule has 0 amide bonds. The van der Waals surface area contributed by atoms with Gasteiger partial charge in [-0.05, 0) is 12.8 Å². The van der Waals surface area contributed by atoms with E-state index in [0.29, 0.717) is 12.8 Å². The zero-order valence-electron chi connectivity index (χ0n) is 13.0. The summed E-state index contributed by atoms with van der Waals surface area (Å²) in [5.41, 5.74) is 0. The van der Waals surface area contributed by atoms with E-state index in [1.165, 1.54) is 12.8 Å². The van der Waals surface area contributed by atoms with E-state index in [4.69, 9.17) is 0 Å². The van der Waals surface area contributed by atoms with Gasteiger partial charge in [0.05, 0.1) is 5.75 Å². The average molecular weight is 306 g/mol. The number of carbonyl (C=O) groups excluding carboxylic acids is 1. The molecule has 0 aliphatic carbocycles. The predicted octanol–water partition coefficient (Wildman–Crippen LogP) is 4.19. The molecule has 0 saturated heterocycles. The second-order valence-corrected chi connectivity index (χ2v) is 6.99. The highest BCUT2D eigenvalue weighted by Gasteiger charge is 2.16. The van der Waals surface area contributed by atoms with Crippen LogP contribution in [-0.4, -0.2) is 20.1 Å². The molecule has 0 aliphatic heterocycles. The molecular weight excluding hydrogens is 276 g/mol. The fourth-order valence-corrected chi connectivity index (χ4v) is 2.99. The molecule has 0 N–H and O–H groups in total. The first-order chi connectivity index (χ1) is 9.52. The van der Waals surface area contributed by atoms with Crippen LogP contribution in [0.2, 0.25) is 0 Å². The average Bonchev–Trinajstić information content (AvgIpc) is 2.38. The highest BCUT2D eigenvalue weighted by molar-refractivity contribution is 7.87. The molecule has 0 spiro atoms. The van der Waals surface area contributed by atoms with Gasteiger partial charge in [0.25, 0.3) is 0 Å². The van der Waals surface area contributed by atoms with Crippen molar-refractivity contribution in [1.29, 1.82) is 0 Å². The lowest BCUT2D eigenvalue weighted by molar-refractivity contribution is -0.133. The normalized spacial score (nSPS) is 11.5. The van der Waals surface area contributed by atoms with Crippen molar-refractivity contribution in [3.63, 3.8) is 0 Å². The minimum absolute atomic E-state index is 0.0418. The van der Waals surface area contributed by atoms with Crippen molar-refractivity contribution in [1.82, 2.24) is 0 Å². The maximum absolute atomic E-state index is 11.6. The molecule has 0 unspecified atom stereocenters. The van der Waals surface area contributed by atoms with E-state index in [2.05, 4.69) is 18.0 Å². The van der Waals surface area contributed by atoms with Crippen LogP contribution in [0.3, 0.4) is 0 Å². The van der Waals surface area contributed by atoms with Crippen LogP contribution in [0.15, 0.2) is 0 Å². The van der Waals surface area contributed by atoms with Crippen molar-refractivity contribution >= 4 is 16.1 Å². The highest BCUT2D eigenvalue weighted by atomic mass is 32.2. The molecule has 0 fully saturated rings. The van der Waals surface area contributed by atoms with Gasteiger partial charge in [0.2, 0.25) is 0 Å². The standard InChI is InChI=1S/C15H30O4S/c1-3-5-7-9-10-12-14-20(17,18)19-15(16)13-11-8-6-4-2/h3-14H2,1-2H3. The molecule has 0 aromatic carbocycles. The molecular formula is C15H30O4S. The summed E-state index contributed by atoms with van der Waals surface area (Å²) in [6.07, 6.45) is 10.0. The second kappa shape index (κ2) is 12.2. The maximum atomic E-state index is 11.6. The van der Waals surface area contributed by atoms with Gasteiger partial charge in [-0.15, -0.1) is 0 Å². The third kappa shape index (κ3) is 12.5. The van der Waals surface area contributed by atoms with Crippen LogP contribution in [0.1, 0.15) is 84.5 Å². The molecule has 0 atom stereocenters. The van der Waals surface area contributed by atoms with Crippen molar-refractivity contribution in [2.75, 3.05) is 5.75 Å². The second-order valence-electron chi connectivity index (χ2n) is 5.30. The minimum atomic E-state index is -3.67. The minimum Gasteiger partial charge on any atom is -0.346 e. The number of carbonyl (C=O) groups is 1. The Bertz CT molecular complexity index is 336. The van der Waals surface area contributed by atoms with Crippen molar-refractivity contribution in [2.45, 2.75) is 84.5 Å². The van der Waals surface area contributed by atoms with Gasteiger partial charge in [-0.25, -0.2) is 0 Å². The fourth-order valence-electron chi connectivity index (χ4n) is 1.98. The molecule has 0 heterocycles. The van der Waals surface area contributed by atoms with Gasteiger partial charge in [-0.1, -0.05) is 65.2 Å². The smallest absolute Gasteiger partial charge is 0.322 e. The monoisotopic (exact) mass is 306 g/mol. The summed E-state index contributed by atoms with van der Waals surface area (Å²) >= 11 is 0. The molecule has 4 nitrogen and oxygen atoms in total. The topological polar surface area (TPSA) is 60.4 Å². The van der Waals surface area contributed by atoms with Crippen molar-refractivity contribution < 1.29 is 17.4 Å². The molecule has 0 aromatic heterocycles. The fraction of sp³-hybridized carbons (Fsp3) is 0.933. The lowest BCUT2D eigenvalue weighted by Gasteiger charge is -2.05. The molecule has 0 aromatic rings. The lowest BCUT2D eigenvalue weighted by Crippen LogP contribution is -2.16. The molecule has 20 heavy (non-hydrogen) atoms. The van der Waals surface area contributed by atoms with Crippen LogP contribution in [0.5, 0.6) is 0 Å². The molecule has 0 bridgehead atoms. The highest BCUT2D eigenvalue weighted by Crippen LogP contribution is 2.09. The number of unbranched alkanes of at least 4 members (excludes halogenated alkanes) is 8. The van der Waals surface area contributed by atoms with Crippen molar-refractivity contribution in [2.24, 2.45) is 0 Å². The Labute approximate surface area is 124 Å². The Morgan fingerprint density at radius 3 is 1.90 bits per heavy atom. The molecule has 0 saturated carbocycles. The SMILES string of the molecule is CCCCCCCCS(=O)(=O)OC(=O)CCCCCC. The Kier molecular flexibility index (Phi) is 11.8. The third-order valence-electron chi connectivity index (χ3n) is 3.20. The van der Waals surface area contributed by atoms with Crippen LogP contribution in [0.4, 0.5) is 0 Å². The zero-order chi connectivity index (χ0) is 15.3. The Morgan fingerprint density at radius 2 is 1.30 bits per heavy atom. The summed E-state index contributed by atoms with van der Waals surface area (Å²) < 4.78 is 27.7. The maximum Gasteiger partial charge on any atom is 0.322 e. The molecule has 0 radical (unpaired) electrons. The first-order valence-corrected chi connectivity index (χ1v) is 9.54. The molecule has 0 aliphatic rings. The van der Waals surface area contributed by atoms with E-state index in [0.717, 1.165) is 38.5 Å². The summed E-state index contributed by atoms with van der Waals surface area (Å²) in [6, 6.07) is 0. The van der Waals surface area contributed by atoms with E-state index in [1.54, 1.807) is 0 Å². The van der Waals surface area contributed by atoms with E-state index < -0.39 is 16.1 Å². The first kappa shape index (κ1) is 19.4. The summed E-state index contributed by atoms with van der Waals surface area (Å²) in [5.74, 6) is -0.646. The Hall–Kier alpha value is -0.580. The van der Waals surface area contributed by atoms with Gasteiger partial charge in [-0.2, -0.15) is 8.42 Å². The van der Waals surface area contributed by atoms with Crippen LogP contribution < -0.4 is 0 Å². The van der Waals surface area contributed by atoms with Gasteiger partial charge < -0.3 is 4.18 Å². The van der Waals surface area contributed by atoms with E-state index in [1.807, 2.05) is 0 Å². The van der Waals surface area contributed by atoms with Crippen LogP contribution in [-0.2, 0) is 19.1 Å². The number of hydrogen-bond donors (Lipinski definition) is 0. The van der Waals surface area contributed by atoms with Crippen LogP contribution >= 0.6 is 0 Å². The quantitative estimate of drug-likeness (QED) is 0.378. The first-order valence-electron chi connectivity index (χ1n) is 7.96. The van der Waals surface area contributed by atoms with Gasteiger partial charge in [0, 0.05) is 6.42 Å². The van der Waals surface area contributed by atoms with E-state index in [9.17, 15) is 13.2 Å². The predicted molar refractivity (Wildman–Crippen MR) is 82.0 cm³/mol. The van der Waals surface area contributed by atoms with E-state index in [-0.39, 0.29) is 12.2 Å². The molecule has 5 heteroatoms. The lowest BCUT2D eigenvalue weighted by atomic mass is 10.1. The summed E-state index contributed by atoms with van der Waals surface area (Å²) in [7, 11) is -3.67. The Balaban J connectivity index is 3.69. The van der Waals surface area contributed by atoms with Crippen molar-refractivity contribution in [3.05, 3.63) is 0 Å². The van der Waals surface area contributed by atoms with Crippen molar-refractivity contribution in [3.8, 4) is 0 Å². The zero-order valence-corrected chi connectivity index (χ0v) is 13.8. The van der Waals surface area contributed by atoms with Gasteiger partial charge >= 0.3 is 16.1 Å². The molecule has 0 rings (SSSR count). The molecule has 120 valence electrons. The Morgan fingerprint density at radius 1 is 0.800 bits per heavy atom. The van der Waals surface area contributed by atoms with Gasteiger partial charge in [0.15, 0.2) is 0 Å².